The summed E-state index contributed by atoms with van der Waals surface area (Å²) in [4.78, 5) is 0. The Morgan fingerprint density at radius 1 is 1.33 bits per heavy atom. The molecule has 1 aliphatic carbocycles. The maximum absolute atomic E-state index is 4.65. The van der Waals surface area contributed by atoms with Gasteiger partial charge in [-0.05, 0) is 46.5 Å². The Balaban J connectivity index is 1.93. The SMILES string of the molecule is Cc1nn(CC2CCCC2)cc1CNC(C)(C)C. The molecule has 0 radical (unpaired) electrons. The molecule has 0 aliphatic heterocycles. The quantitative estimate of drug-likeness (QED) is 0.887. The molecule has 1 aliphatic rings. The zero-order valence-corrected chi connectivity index (χ0v) is 12.3. The number of nitrogens with one attached hydrogen (secondary N) is 1. The number of aryl methyl sites for hydroxylation is 1. The molecule has 0 spiro atoms. The first-order valence-electron chi connectivity index (χ1n) is 7.22. The lowest BCUT2D eigenvalue weighted by molar-refractivity contribution is 0.420. The lowest BCUT2D eigenvalue weighted by Gasteiger charge is -2.20. The summed E-state index contributed by atoms with van der Waals surface area (Å²) < 4.78 is 2.16. The molecule has 3 heteroatoms. The van der Waals surface area contributed by atoms with Gasteiger partial charge >= 0.3 is 0 Å². The molecule has 18 heavy (non-hydrogen) atoms. The maximum Gasteiger partial charge on any atom is 0.0638 e. The van der Waals surface area contributed by atoms with Crippen molar-refractivity contribution in [2.75, 3.05) is 0 Å². The molecule has 1 aromatic heterocycles. The number of hydrogen-bond acceptors (Lipinski definition) is 2. The standard InChI is InChI=1S/C15H27N3/c1-12-14(9-16-15(2,3)4)11-18(17-12)10-13-7-5-6-8-13/h11,13,16H,5-10H2,1-4H3. The third-order valence-electron chi connectivity index (χ3n) is 3.78. The molecule has 1 saturated carbocycles. The molecule has 102 valence electrons. The second-order valence-electron chi connectivity index (χ2n) is 6.72. The Kier molecular flexibility index (Phi) is 4.10. The van der Waals surface area contributed by atoms with Gasteiger partial charge in [0.05, 0.1) is 5.69 Å². The topological polar surface area (TPSA) is 29.9 Å². The van der Waals surface area contributed by atoms with E-state index in [2.05, 4.69) is 49.0 Å². The van der Waals surface area contributed by atoms with Crippen LogP contribution in [0.3, 0.4) is 0 Å². The Hall–Kier alpha value is -0.830. The van der Waals surface area contributed by atoms with E-state index in [9.17, 15) is 0 Å². The largest absolute Gasteiger partial charge is 0.308 e. The van der Waals surface area contributed by atoms with Crippen molar-refractivity contribution in [3.63, 3.8) is 0 Å². The highest BCUT2D eigenvalue weighted by Gasteiger charge is 2.17. The first kappa shape index (κ1) is 13.6. The molecule has 2 rings (SSSR count). The minimum Gasteiger partial charge on any atom is -0.308 e. The van der Waals surface area contributed by atoms with Crippen LogP contribution in [0.15, 0.2) is 6.20 Å². The fourth-order valence-corrected chi connectivity index (χ4v) is 2.64. The van der Waals surface area contributed by atoms with Gasteiger partial charge in [0.25, 0.3) is 0 Å². The van der Waals surface area contributed by atoms with Crippen LogP contribution >= 0.6 is 0 Å². The molecule has 1 N–H and O–H groups in total. The van der Waals surface area contributed by atoms with E-state index in [0.717, 1.165) is 19.0 Å². The monoisotopic (exact) mass is 249 g/mol. The molecule has 0 aromatic carbocycles. The minimum atomic E-state index is 0.167. The summed E-state index contributed by atoms with van der Waals surface area (Å²) in [5.74, 6) is 0.854. The Labute approximate surface area is 111 Å². The smallest absolute Gasteiger partial charge is 0.0638 e. The van der Waals surface area contributed by atoms with E-state index in [1.807, 2.05) is 0 Å². The van der Waals surface area contributed by atoms with Gasteiger partial charge < -0.3 is 5.32 Å². The predicted molar refractivity (Wildman–Crippen MR) is 75.5 cm³/mol. The first-order chi connectivity index (χ1) is 8.44. The van der Waals surface area contributed by atoms with Crippen molar-refractivity contribution in [3.8, 4) is 0 Å². The summed E-state index contributed by atoms with van der Waals surface area (Å²) >= 11 is 0. The van der Waals surface area contributed by atoms with Gasteiger partial charge in [-0.2, -0.15) is 5.10 Å². The van der Waals surface area contributed by atoms with E-state index in [0.29, 0.717) is 0 Å². The molecule has 1 heterocycles. The first-order valence-corrected chi connectivity index (χ1v) is 7.22. The van der Waals surface area contributed by atoms with Crippen LogP contribution in [-0.4, -0.2) is 15.3 Å². The molecule has 3 nitrogen and oxygen atoms in total. The van der Waals surface area contributed by atoms with Crippen LogP contribution in [0.2, 0.25) is 0 Å². The van der Waals surface area contributed by atoms with Gasteiger partial charge in [0.15, 0.2) is 0 Å². The molecule has 1 aromatic rings. The zero-order chi connectivity index (χ0) is 13.2. The lowest BCUT2D eigenvalue weighted by Crippen LogP contribution is -2.35. The Bertz CT molecular complexity index is 381. The fraction of sp³-hybridized carbons (Fsp3) is 0.800. The minimum absolute atomic E-state index is 0.167. The highest BCUT2D eigenvalue weighted by Crippen LogP contribution is 2.26. The molecular formula is C15H27N3. The number of nitrogens with zero attached hydrogens (tertiary/aromatic N) is 2. The van der Waals surface area contributed by atoms with Gasteiger partial charge in [0.1, 0.15) is 0 Å². The third kappa shape index (κ3) is 3.84. The van der Waals surface area contributed by atoms with Crippen molar-refractivity contribution in [1.82, 2.24) is 15.1 Å². The Morgan fingerprint density at radius 3 is 2.61 bits per heavy atom. The number of rotatable bonds is 4. The summed E-state index contributed by atoms with van der Waals surface area (Å²) in [6, 6.07) is 0. The van der Waals surface area contributed by atoms with Gasteiger partial charge in [0, 0.05) is 30.4 Å². The van der Waals surface area contributed by atoms with Crippen molar-refractivity contribution in [3.05, 3.63) is 17.5 Å². The van der Waals surface area contributed by atoms with Gasteiger partial charge in [-0.3, -0.25) is 4.68 Å². The number of hydrogen-bond donors (Lipinski definition) is 1. The molecule has 0 amide bonds. The van der Waals surface area contributed by atoms with Gasteiger partial charge in [0.2, 0.25) is 0 Å². The average Bonchev–Trinajstić information content (AvgIpc) is 2.85. The summed E-state index contributed by atoms with van der Waals surface area (Å²) in [7, 11) is 0. The second kappa shape index (κ2) is 5.43. The van der Waals surface area contributed by atoms with Crippen LogP contribution in [0.1, 0.15) is 57.7 Å². The van der Waals surface area contributed by atoms with E-state index >= 15 is 0 Å². The van der Waals surface area contributed by atoms with Gasteiger partial charge in [-0.25, -0.2) is 0 Å². The molecular weight excluding hydrogens is 222 g/mol. The number of aromatic nitrogens is 2. The molecule has 0 saturated heterocycles. The van der Waals surface area contributed by atoms with Crippen LogP contribution < -0.4 is 5.32 Å². The summed E-state index contributed by atoms with van der Waals surface area (Å²) in [6.45, 7) is 10.7. The molecule has 0 bridgehead atoms. The zero-order valence-electron chi connectivity index (χ0n) is 12.3. The van der Waals surface area contributed by atoms with E-state index < -0.39 is 0 Å². The predicted octanol–water partition coefficient (Wildman–Crippen LogP) is 3.27. The normalized spacial score (nSPS) is 17.6. The van der Waals surface area contributed by atoms with Crippen LogP contribution in [0.5, 0.6) is 0 Å². The summed E-state index contributed by atoms with van der Waals surface area (Å²) in [5, 5.41) is 8.18. The lowest BCUT2D eigenvalue weighted by atomic mass is 10.1. The summed E-state index contributed by atoms with van der Waals surface area (Å²) in [5.41, 5.74) is 2.67. The van der Waals surface area contributed by atoms with Gasteiger partial charge in [-0.15, -0.1) is 0 Å². The second-order valence-corrected chi connectivity index (χ2v) is 6.72. The van der Waals surface area contributed by atoms with E-state index in [1.165, 1.54) is 36.9 Å². The van der Waals surface area contributed by atoms with Crippen LogP contribution in [0, 0.1) is 12.8 Å². The molecule has 0 unspecified atom stereocenters. The van der Waals surface area contributed by atoms with Crippen molar-refractivity contribution in [1.29, 1.82) is 0 Å². The molecule has 1 fully saturated rings. The maximum atomic E-state index is 4.65. The fourth-order valence-electron chi connectivity index (χ4n) is 2.64. The third-order valence-corrected chi connectivity index (χ3v) is 3.78. The van der Waals surface area contributed by atoms with Crippen LogP contribution in [0.4, 0.5) is 0 Å². The average molecular weight is 249 g/mol. The summed E-state index contributed by atoms with van der Waals surface area (Å²) in [6.07, 6.45) is 7.81. The highest BCUT2D eigenvalue weighted by atomic mass is 15.3. The van der Waals surface area contributed by atoms with E-state index in [-0.39, 0.29) is 5.54 Å². The van der Waals surface area contributed by atoms with Crippen LogP contribution in [0.25, 0.3) is 0 Å². The molecule has 0 atom stereocenters. The van der Waals surface area contributed by atoms with E-state index in [1.54, 1.807) is 0 Å². The van der Waals surface area contributed by atoms with Crippen molar-refractivity contribution in [2.24, 2.45) is 5.92 Å². The van der Waals surface area contributed by atoms with Crippen LogP contribution in [-0.2, 0) is 13.1 Å². The Morgan fingerprint density at radius 2 is 2.00 bits per heavy atom. The highest BCUT2D eigenvalue weighted by molar-refractivity contribution is 5.15. The van der Waals surface area contributed by atoms with E-state index in [4.69, 9.17) is 0 Å². The van der Waals surface area contributed by atoms with Crippen molar-refractivity contribution < 1.29 is 0 Å². The van der Waals surface area contributed by atoms with Crippen molar-refractivity contribution in [2.45, 2.75) is 72.0 Å². The van der Waals surface area contributed by atoms with Gasteiger partial charge in [-0.1, -0.05) is 12.8 Å². The van der Waals surface area contributed by atoms with Crippen molar-refractivity contribution >= 4 is 0 Å².